The van der Waals surface area contributed by atoms with Crippen molar-refractivity contribution in [2.45, 2.75) is 13.5 Å². The third-order valence-electron chi connectivity index (χ3n) is 1.13. The molecule has 0 radical (unpaired) electrons. The molecule has 0 saturated heterocycles. The van der Waals surface area contributed by atoms with Crippen LogP contribution >= 0.6 is 12.4 Å². The maximum Gasteiger partial charge on any atom is 0.0925 e. The number of halogens is 1. The molecule has 0 fully saturated rings. The summed E-state index contributed by atoms with van der Waals surface area (Å²) >= 11 is 0. The third kappa shape index (κ3) is 1.69. The van der Waals surface area contributed by atoms with Crippen molar-refractivity contribution in [2.24, 2.45) is 5.73 Å². The predicted molar refractivity (Wildman–Crippen MR) is 38.5 cm³/mol. The van der Waals surface area contributed by atoms with Gasteiger partial charge in [-0.05, 0) is 6.92 Å². The molecule has 52 valence electrons. The Kier molecular flexibility index (Phi) is 3.27. The number of aromatic nitrogens is 2. The van der Waals surface area contributed by atoms with Crippen molar-refractivity contribution < 1.29 is 0 Å². The van der Waals surface area contributed by atoms with Crippen LogP contribution in [0.2, 0.25) is 0 Å². The van der Waals surface area contributed by atoms with E-state index in [0.717, 1.165) is 11.4 Å². The van der Waals surface area contributed by atoms with E-state index in [0.29, 0.717) is 6.54 Å². The molecule has 0 spiro atoms. The molecule has 3 nitrogen and oxygen atoms in total. The van der Waals surface area contributed by atoms with Crippen LogP contribution in [0.4, 0.5) is 0 Å². The van der Waals surface area contributed by atoms with Crippen LogP contribution in [-0.4, -0.2) is 9.97 Å². The molecule has 4 heteroatoms. The van der Waals surface area contributed by atoms with Gasteiger partial charge in [0.2, 0.25) is 0 Å². The van der Waals surface area contributed by atoms with Crippen LogP contribution in [0.3, 0.4) is 0 Å². The van der Waals surface area contributed by atoms with Crippen LogP contribution in [0.1, 0.15) is 11.4 Å². The highest BCUT2D eigenvalue weighted by molar-refractivity contribution is 5.85. The molecule has 0 amide bonds. The smallest absolute Gasteiger partial charge is 0.0925 e. The first-order valence-corrected chi connectivity index (χ1v) is 2.53. The third-order valence-corrected chi connectivity index (χ3v) is 1.13. The molecule has 0 bridgehead atoms. The zero-order chi connectivity index (χ0) is 5.98. The van der Waals surface area contributed by atoms with Gasteiger partial charge >= 0.3 is 0 Å². The normalized spacial score (nSPS) is 8.67. The Bertz CT molecular complexity index is 172. The molecule has 0 saturated carbocycles. The largest absolute Gasteiger partial charge is 0.348 e. The second kappa shape index (κ2) is 3.48. The number of nitrogens with one attached hydrogen (secondary N) is 1. The van der Waals surface area contributed by atoms with E-state index in [-0.39, 0.29) is 12.4 Å². The molecule has 1 heterocycles. The maximum absolute atomic E-state index is 5.31. The van der Waals surface area contributed by atoms with E-state index in [1.165, 1.54) is 0 Å². The summed E-state index contributed by atoms with van der Waals surface area (Å²) in [5.74, 6) is 0. The highest BCUT2D eigenvalue weighted by Gasteiger charge is 1.93. The van der Waals surface area contributed by atoms with E-state index in [1.807, 2.05) is 6.92 Å². The summed E-state index contributed by atoms with van der Waals surface area (Å²) in [6.07, 6.45) is 1.65. The molecule has 1 aromatic rings. The summed E-state index contributed by atoms with van der Waals surface area (Å²) in [4.78, 5) is 6.88. The molecule has 0 atom stereocenters. The van der Waals surface area contributed by atoms with E-state index >= 15 is 0 Å². The highest BCUT2D eigenvalue weighted by Crippen LogP contribution is 1.96. The molecule has 0 aliphatic carbocycles. The Hall–Kier alpha value is -0.540. The van der Waals surface area contributed by atoms with Crippen molar-refractivity contribution in [3.05, 3.63) is 17.7 Å². The van der Waals surface area contributed by atoms with Crippen molar-refractivity contribution in [3.8, 4) is 0 Å². The molecule has 3 N–H and O–H groups in total. The standard InChI is InChI=1S/C5H9N3.ClH/c1-4-5(2-6)8-3-7-4;/h3H,2,6H2,1H3,(H,7,8);1H. The van der Waals surface area contributed by atoms with Gasteiger partial charge in [-0.25, -0.2) is 4.98 Å². The lowest BCUT2D eigenvalue weighted by atomic mass is 10.4. The van der Waals surface area contributed by atoms with Gasteiger partial charge in [-0.15, -0.1) is 12.4 Å². The van der Waals surface area contributed by atoms with Gasteiger partial charge in [-0.3, -0.25) is 0 Å². The number of hydrogen-bond acceptors (Lipinski definition) is 2. The fourth-order valence-corrected chi connectivity index (χ4v) is 0.593. The van der Waals surface area contributed by atoms with Crippen LogP contribution < -0.4 is 5.73 Å². The molecule has 0 unspecified atom stereocenters. The maximum atomic E-state index is 5.31. The number of imidazole rings is 1. The van der Waals surface area contributed by atoms with E-state index in [4.69, 9.17) is 5.73 Å². The summed E-state index contributed by atoms with van der Waals surface area (Å²) in [7, 11) is 0. The predicted octanol–water partition coefficient (Wildman–Crippen LogP) is 0.599. The van der Waals surface area contributed by atoms with Gasteiger partial charge in [0, 0.05) is 12.2 Å². The number of hydrogen-bond donors (Lipinski definition) is 2. The lowest BCUT2D eigenvalue weighted by Crippen LogP contribution is -1.97. The van der Waals surface area contributed by atoms with Crippen LogP contribution in [0, 0.1) is 6.92 Å². The SMILES string of the molecule is Cc1[nH]cnc1CN.Cl. The lowest BCUT2D eigenvalue weighted by molar-refractivity contribution is 0.992. The minimum absolute atomic E-state index is 0. The zero-order valence-electron chi connectivity index (χ0n) is 5.22. The summed E-state index contributed by atoms with van der Waals surface area (Å²) in [5.41, 5.74) is 7.32. The van der Waals surface area contributed by atoms with Crippen LogP contribution in [0.15, 0.2) is 6.33 Å². The van der Waals surface area contributed by atoms with Crippen molar-refractivity contribution in [1.82, 2.24) is 9.97 Å². The summed E-state index contributed by atoms with van der Waals surface area (Å²) in [6.45, 7) is 2.48. The number of nitrogens with two attached hydrogens (primary N) is 1. The average molecular weight is 148 g/mol. The van der Waals surface area contributed by atoms with Crippen LogP contribution in [-0.2, 0) is 6.54 Å². The van der Waals surface area contributed by atoms with Gasteiger partial charge < -0.3 is 10.7 Å². The van der Waals surface area contributed by atoms with Gasteiger partial charge in [0.1, 0.15) is 0 Å². The quantitative estimate of drug-likeness (QED) is 0.611. The number of H-pyrrole nitrogens is 1. The molecular formula is C5H10ClN3. The summed E-state index contributed by atoms with van der Waals surface area (Å²) in [5, 5.41) is 0. The van der Waals surface area contributed by atoms with Gasteiger partial charge in [-0.1, -0.05) is 0 Å². The number of aryl methyl sites for hydroxylation is 1. The first kappa shape index (κ1) is 8.46. The van der Waals surface area contributed by atoms with Crippen molar-refractivity contribution in [3.63, 3.8) is 0 Å². The first-order chi connectivity index (χ1) is 3.84. The summed E-state index contributed by atoms with van der Waals surface area (Å²) in [6, 6.07) is 0. The fourth-order valence-electron chi connectivity index (χ4n) is 0.593. The topological polar surface area (TPSA) is 54.7 Å². The van der Waals surface area contributed by atoms with Crippen molar-refractivity contribution in [1.29, 1.82) is 0 Å². The van der Waals surface area contributed by atoms with Gasteiger partial charge in [-0.2, -0.15) is 0 Å². The Morgan fingerprint density at radius 2 is 2.44 bits per heavy atom. The monoisotopic (exact) mass is 147 g/mol. The minimum Gasteiger partial charge on any atom is -0.348 e. The number of rotatable bonds is 1. The zero-order valence-corrected chi connectivity index (χ0v) is 6.03. The molecule has 0 aliphatic heterocycles. The Morgan fingerprint density at radius 1 is 1.78 bits per heavy atom. The van der Waals surface area contributed by atoms with E-state index < -0.39 is 0 Å². The Balaban J connectivity index is 0.000000640. The first-order valence-electron chi connectivity index (χ1n) is 2.53. The minimum atomic E-state index is 0. The second-order valence-corrected chi connectivity index (χ2v) is 1.68. The second-order valence-electron chi connectivity index (χ2n) is 1.68. The molecular weight excluding hydrogens is 138 g/mol. The molecule has 9 heavy (non-hydrogen) atoms. The summed E-state index contributed by atoms with van der Waals surface area (Å²) < 4.78 is 0. The van der Waals surface area contributed by atoms with Crippen molar-refractivity contribution >= 4 is 12.4 Å². The van der Waals surface area contributed by atoms with Crippen LogP contribution in [0.5, 0.6) is 0 Å². The Labute approximate surface area is 60.1 Å². The highest BCUT2D eigenvalue weighted by atomic mass is 35.5. The van der Waals surface area contributed by atoms with E-state index in [9.17, 15) is 0 Å². The molecule has 1 rings (SSSR count). The molecule has 1 aromatic heterocycles. The fraction of sp³-hybridized carbons (Fsp3) is 0.400. The van der Waals surface area contributed by atoms with Gasteiger partial charge in [0.05, 0.1) is 12.0 Å². The number of aromatic amines is 1. The molecule has 0 aromatic carbocycles. The Morgan fingerprint density at radius 3 is 2.67 bits per heavy atom. The van der Waals surface area contributed by atoms with Crippen LogP contribution in [0.25, 0.3) is 0 Å². The van der Waals surface area contributed by atoms with Gasteiger partial charge in [0.25, 0.3) is 0 Å². The lowest BCUT2D eigenvalue weighted by Gasteiger charge is -1.86. The molecule has 0 aliphatic rings. The average Bonchev–Trinajstić information content (AvgIpc) is 2.14. The van der Waals surface area contributed by atoms with Gasteiger partial charge in [0.15, 0.2) is 0 Å². The van der Waals surface area contributed by atoms with E-state index in [2.05, 4.69) is 9.97 Å². The number of nitrogens with zero attached hydrogens (tertiary/aromatic N) is 1. The van der Waals surface area contributed by atoms with Crippen molar-refractivity contribution in [2.75, 3.05) is 0 Å². The van der Waals surface area contributed by atoms with E-state index in [1.54, 1.807) is 6.33 Å².